The highest BCUT2D eigenvalue weighted by Gasteiger charge is 2.23. The van der Waals surface area contributed by atoms with Gasteiger partial charge in [0.05, 0.1) is 6.61 Å². The fraction of sp³-hybridized carbons (Fsp3) is 0.250. The molecule has 98 valence electrons. The maximum absolute atomic E-state index is 6.10. The highest BCUT2D eigenvalue weighted by Crippen LogP contribution is 2.40. The summed E-state index contributed by atoms with van der Waals surface area (Å²) in [5.41, 5.74) is 3.97. The normalized spacial score (nSPS) is 17.4. The van der Waals surface area contributed by atoms with Gasteiger partial charge in [-0.25, -0.2) is 0 Å². The van der Waals surface area contributed by atoms with Crippen LogP contribution in [-0.2, 0) is 10.5 Å². The number of fused-ring (bicyclic) bond motifs is 2. The van der Waals surface area contributed by atoms with E-state index < -0.39 is 0 Å². The molecule has 1 heterocycles. The summed E-state index contributed by atoms with van der Waals surface area (Å²) in [7, 11) is 0. The summed E-state index contributed by atoms with van der Waals surface area (Å²) < 4.78 is 6.10. The molecule has 3 heteroatoms. The van der Waals surface area contributed by atoms with Crippen LogP contribution in [0.3, 0.4) is 0 Å². The van der Waals surface area contributed by atoms with Crippen LogP contribution in [0, 0.1) is 0 Å². The smallest absolute Gasteiger partial charge is 0.109 e. The standard InChI is InChI=1S/C16H15BrOS/c17-9-10-18-16-13-6-2-1-5-12(13)11-19-15-8-4-3-7-14(15)16/h1-8,16H,9-11H2/t16-/m1/s1. The van der Waals surface area contributed by atoms with Crippen LogP contribution in [0.15, 0.2) is 53.4 Å². The summed E-state index contributed by atoms with van der Waals surface area (Å²) in [5, 5.41) is 0.862. The van der Waals surface area contributed by atoms with E-state index in [1.807, 2.05) is 11.8 Å². The quantitative estimate of drug-likeness (QED) is 0.746. The van der Waals surface area contributed by atoms with Gasteiger partial charge in [-0.2, -0.15) is 0 Å². The second-order valence-electron chi connectivity index (χ2n) is 4.47. The molecular formula is C16H15BrOS. The third-order valence-corrected chi connectivity index (χ3v) is 4.75. The number of hydrogen-bond acceptors (Lipinski definition) is 2. The van der Waals surface area contributed by atoms with Crippen LogP contribution >= 0.6 is 27.7 Å². The molecule has 0 aliphatic carbocycles. The van der Waals surface area contributed by atoms with Crippen LogP contribution in [0.5, 0.6) is 0 Å². The third kappa shape index (κ3) is 2.73. The van der Waals surface area contributed by atoms with Gasteiger partial charge in [0.2, 0.25) is 0 Å². The monoisotopic (exact) mass is 334 g/mol. The van der Waals surface area contributed by atoms with Crippen LogP contribution in [0.4, 0.5) is 0 Å². The molecule has 2 aromatic rings. The Labute approximate surface area is 126 Å². The number of hydrogen-bond donors (Lipinski definition) is 0. The number of halogens is 1. The van der Waals surface area contributed by atoms with Crippen molar-refractivity contribution < 1.29 is 4.74 Å². The summed E-state index contributed by atoms with van der Waals surface area (Å²) in [5.74, 6) is 1.02. The molecule has 0 radical (unpaired) electrons. The summed E-state index contributed by atoms with van der Waals surface area (Å²) in [6.07, 6.45) is 0.0555. The Bertz CT molecular complexity index is 523. The molecule has 0 aromatic heterocycles. The molecule has 1 atom stereocenters. The predicted molar refractivity (Wildman–Crippen MR) is 84.0 cm³/mol. The third-order valence-electron chi connectivity index (χ3n) is 3.28. The van der Waals surface area contributed by atoms with Gasteiger partial charge in [-0.1, -0.05) is 58.4 Å². The molecule has 19 heavy (non-hydrogen) atoms. The van der Waals surface area contributed by atoms with Gasteiger partial charge in [0, 0.05) is 16.0 Å². The first-order chi connectivity index (χ1) is 9.40. The summed E-state index contributed by atoms with van der Waals surface area (Å²) in [6, 6.07) is 17.2. The van der Waals surface area contributed by atoms with Gasteiger partial charge in [-0.3, -0.25) is 0 Å². The molecule has 1 nitrogen and oxygen atoms in total. The van der Waals surface area contributed by atoms with Crippen molar-refractivity contribution in [3.05, 3.63) is 65.2 Å². The SMILES string of the molecule is BrCCO[C@@H]1c2ccccc2CSc2ccccc21. The molecule has 0 spiro atoms. The fourth-order valence-corrected chi connectivity index (χ4v) is 3.69. The van der Waals surface area contributed by atoms with Crippen molar-refractivity contribution >= 4 is 27.7 Å². The summed E-state index contributed by atoms with van der Waals surface area (Å²) in [4.78, 5) is 1.33. The van der Waals surface area contributed by atoms with E-state index in [0.717, 1.165) is 17.7 Å². The lowest BCUT2D eigenvalue weighted by atomic mass is 9.97. The van der Waals surface area contributed by atoms with Gasteiger partial charge in [-0.15, -0.1) is 11.8 Å². The van der Waals surface area contributed by atoms with E-state index in [9.17, 15) is 0 Å². The van der Waals surface area contributed by atoms with Crippen molar-refractivity contribution in [2.24, 2.45) is 0 Å². The zero-order chi connectivity index (χ0) is 13.1. The van der Waals surface area contributed by atoms with Crippen molar-refractivity contribution in [2.45, 2.75) is 16.8 Å². The highest BCUT2D eigenvalue weighted by molar-refractivity contribution is 9.09. The first-order valence-corrected chi connectivity index (χ1v) is 8.48. The van der Waals surface area contributed by atoms with E-state index in [0.29, 0.717) is 0 Å². The Morgan fingerprint density at radius 1 is 1.05 bits per heavy atom. The first-order valence-electron chi connectivity index (χ1n) is 6.37. The van der Waals surface area contributed by atoms with Crippen LogP contribution in [0.25, 0.3) is 0 Å². The second-order valence-corrected chi connectivity index (χ2v) is 6.28. The van der Waals surface area contributed by atoms with Crippen molar-refractivity contribution in [3.63, 3.8) is 0 Å². The van der Waals surface area contributed by atoms with Crippen LogP contribution < -0.4 is 0 Å². The van der Waals surface area contributed by atoms with Gasteiger partial charge in [-0.05, 0) is 22.8 Å². The molecule has 0 amide bonds. The Hall–Kier alpha value is -0.770. The molecule has 0 fully saturated rings. The van der Waals surface area contributed by atoms with Crippen molar-refractivity contribution in [2.75, 3.05) is 11.9 Å². The van der Waals surface area contributed by atoms with Crippen molar-refractivity contribution in [3.8, 4) is 0 Å². The topological polar surface area (TPSA) is 9.23 Å². The largest absolute Gasteiger partial charge is 0.368 e. The number of benzene rings is 2. The van der Waals surface area contributed by atoms with Gasteiger partial charge in [0.15, 0.2) is 0 Å². The van der Waals surface area contributed by atoms with Gasteiger partial charge < -0.3 is 4.74 Å². The molecule has 0 bridgehead atoms. The molecule has 1 aliphatic rings. The number of rotatable bonds is 3. The van der Waals surface area contributed by atoms with Crippen LogP contribution in [0.2, 0.25) is 0 Å². The lowest BCUT2D eigenvalue weighted by Gasteiger charge is -2.20. The van der Waals surface area contributed by atoms with Gasteiger partial charge in [0.25, 0.3) is 0 Å². The van der Waals surface area contributed by atoms with Crippen molar-refractivity contribution in [1.82, 2.24) is 0 Å². The maximum Gasteiger partial charge on any atom is 0.109 e. The number of ether oxygens (including phenoxy) is 1. The number of alkyl halides is 1. The summed E-state index contributed by atoms with van der Waals surface area (Å²) >= 11 is 5.34. The molecule has 0 N–H and O–H groups in total. The predicted octanol–water partition coefficient (Wildman–Crippen LogP) is 4.79. The van der Waals surface area contributed by atoms with E-state index in [1.165, 1.54) is 21.6 Å². The fourth-order valence-electron chi connectivity index (χ4n) is 2.41. The van der Waals surface area contributed by atoms with Gasteiger partial charge >= 0.3 is 0 Å². The van der Waals surface area contributed by atoms with E-state index in [1.54, 1.807) is 0 Å². The molecule has 2 aromatic carbocycles. The molecule has 1 aliphatic heterocycles. The zero-order valence-electron chi connectivity index (χ0n) is 10.5. The second kappa shape index (κ2) is 6.12. The zero-order valence-corrected chi connectivity index (χ0v) is 12.9. The minimum absolute atomic E-state index is 0.0555. The Balaban J connectivity index is 2.08. The summed E-state index contributed by atoms with van der Waals surface area (Å²) in [6.45, 7) is 0.720. The molecule has 0 unspecified atom stereocenters. The minimum atomic E-state index is 0.0555. The van der Waals surface area contributed by atoms with Gasteiger partial charge in [0.1, 0.15) is 6.10 Å². The maximum atomic E-state index is 6.10. The van der Waals surface area contributed by atoms with Crippen LogP contribution in [-0.4, -0.2) is 11.9 Å². The van der Waals surface area contributed by atoms with E-state index in [2.05, 4.69) is 64.5 Å². The minimum Gasteiger partial charge on any atom is -0.368 e. The van der Waals surface area contributed by atoms with E-state index in [4.69, 9.17) is 4.74 Å². The van der Waals surface area contributed by atoms with Crippen LogP contribution in [0.1, 0.15) is 22.8 Å². The van der Waals surface area contributed by atoms with E-state index >= 15 is 0 Å². The Morgan fingerprint density at radius 3 is 2.63 bits per heavy atom. The molecule has 3 rings (SSSR count). The lowest BCUT2D eigenvalue weighted by molar-refractivity contribution is 0.0921. The average Bonchev–Trinajstić information content (AvgIpc) is 2.62. The highest BCUT2D eigenvalue weighted by atomic mass is 79.9. The molecule has 0 saturated carbocycles. The van der Waals surface area contributed by atoms with E-state index in [-0.39, 0.29) is 6.10 Å². The molecule has 0 saturated heterocycles. The number of thioether (sulfide) groups is 1. The first kappa shape index (κ1) is 13.2. The molecular weight excluding hydrogens is 320 g/mol. The van der Waals surface area contributed by atoms with Crippen molar-refractivity contribution in [1.29, 1.82) is 0 Å². The Kier molecular flexibility index (Phi) is 4.26. The lowest BCUT2D eigenvalue weighted by Crippen LogP contribution is -2.09. The average molecular weight is 335 g/mol. The Morgan fingerprint density at radius 2 is 1.79 bits per heavy atom.